The number of hydrogen-bond donors (Lipinski definition) is 2. The number of nitrogens with zero attached hydrogens (tertiary/aromatic N) is 3. The van der Waals surface area contributed by atoms with Gasteiger partial charge in [-0.15, -0.1) is 0 Å². The van der Waals surface area contributed by atoms with Crippen LogP contribution >= 0.6 is 0 Å². The molecule has 0 aromatic carbocycles. The van der Waals surface area contributed by atoms with Gasteiger partial charge in [-0.2, -0.15) is 13.2 Å². The molecule has 0 aromatic rings. The number of rotatable bonds is 2. The molecule has 0 aromatic heterocycles. The number of allylic oxidation sites excluding steroid dienone is 1. The Bertz CT molecular complexity index is 553. The SMILES string of the molecule is [N-]=[N+]=C1C([N+](=O)[O-])=C(S(=O)(=O)O)C=CC1O. The summed E-state index contributed by atoms with van der Waals surface area (Å²) in [6.07, 6.45) is -0.131. The quantitative estimate of drug-likeness (QED) is 0.209. The zero-order valence-electron chi connectivity index (χ0n) is 7.51. The molecule has 1 aliphatic rings. The van der Waals surface area contributed by atoms with Crippen molar-refractivity contribution in [3.8, 4) is 0 Å². The van der Waals surface area contributed by atoms with Gasteiger partial charge in [-0.05, 0) is 12.2 Å². The van der Waals surface area contributed by atoms with Crippen LogP contribution in [0, 0.1) is 10.1 Å². The minimum absolute atomic E-state index is 0.660. The highest BCUT2D eigenvalue weighted by Crippen LogP contribution is 2.20. The highest BCUT2D eigenvalue weighted by atomic mass is 32.2. The van der Waals surface area contributed by atoms with Gasteiger partial charge in [0.25, 0.3) is 0 Å². The van der Waals surface area contributed by atoms with Crippen molar-refractivity contribution in [2.24, 2.45) is 0 Å². The van der Waals surface area contributed by atoms with Crippen molar-refractivity contribution in [1.29, 1.82) is 0 Å². The Balaban J connectivity index is 3.64. The molecule has 9 nitrogen and oxygen atoms in total. The van der Waals surface area contributed by atoms with E-state index in [0.717, 1.165) is 6.08 Å². The fourth-order valence-corrected chi connectivity index (χ4v) is 1.79. The third-order valence-corrected chi connectivity index (χ3v) is 2.64. The first-order chi connectivity index (χ1) is 7.29. The Morgan fingerprint density at radius 1 is 1.56 bits per heavy atom. The molecule has 0 fully saturated rings. The maximum atomic E-state index is 10.8. The summed E-state index contributed by atoms with van der Waals surface area (Å²) in [4.78, 5) is 10.8. The maximum Gasteiger partial charge on any atom is 0.401 e. The van der Waals surface area contributed by atoms with Crippen LogP contribution in [0.2, 0.25) is 0 Å². The van der Waals surface area contributed by atoms with Gasteiger partial charge in [-0.25, -0.2) is 0 Å². The van der Waals surface area contributed by atoms with Gasteiger partial charge in [-0.3, -0.25) is 14.7 Å². The molecule has 0 bridgehead atoms. The van der Waals surface area contributed by atoms with E-state index in [1.165, 1.54) is 0 Å². The second-order valence-corrected chi connectivity index (χ2v) is 4.12. The van der Waals surface area contributed by atoms with Crippen molar-refractivity contribution in [2.75, 3.05) is 0 Å². The minimum Gasteiger partial charge on any atom is -0.377 e. The van der Waals surface area contributed by atoms with E-state index in [2.05, 4.69) is 4.79 Å². The molecular weight excluding hydrogens is 242 g/mol. The van der Waals surface area contributed by atoms with Crippen LogP contribution in [0.4, 0.5) is 0 Å². The largest absolute Gasteiger partial charge is 0.401 e. The van der Waals surface area contributed by atoms with Crippen LogP contribution in [0.25, 0.3) is 5.53 Å². The van der Waals surface area contributed by atoms with Crippen molar-refractivity contribution in [3.05, 3.63) is 38.4 Å². The normalized spacial score (nSPS) is 20.9. The molecule has 10 heteroatoms. The maximum absolute atomic E-state index is 10.8. The molecule has 86 valence electrons. The average molecular weight is 247 g/mol. The van der Waals surface area contributed by atoms with E-state index in [0.29, 0.717) is 6.08 Å². The Kier molecular flexibility index (Phi) is 3.01. The van der Waals surface area contributed by atoms with E-state index in [1.807, 2.05) is 0 Å². The summed E-state index contributed by atoms with van der Waals surface area (Å²) in [5, 5.41) is 19.7. The monoisotopic (exact) mass is 247 g/mol. The molecule has 1 unspecified atom stereocenters. The molecule has 0 aliphatic heterocycles. The minimum atomic E-state index is -4.84. The summed E-state index contributed by atoms with van der Waals surface area (Å²) >= 11 is 0. The highest BCUT2D eigenvalue weighted by Gasteiger charge is 2.43. The van der Waals surface area contributed by atoms with E-state index in [9.17, 15) is 23.6 Å². The molecule has 0 heterocycles. The third-order valence-electron chi connectivity index (χ3n) is 1.75. The molecule has 1 rings (SSSR count). The van der Waals surface area contributed by atoms with Crippen LogP contribution in [0.5, 0.6) is 0 Å². The summed E-state index contributed by atoms with van der Waals surface area (Å²) in [7, 11) is -4.84. The molecule has 1 atom stereocenters. The Morgan fingerprint density at radius 2 is 2.12 bits per heavy atom. The van der Waals surface area contributed by atoms with Gasteiger partial charge in [0.15, 0.2) is 11.0 Å². The van der Waals surface area contributed by atoms with Crippen LogP contribution in [-0.2, 0) is 10.1 Å². The van der Waals surface area contributed by atoms with Gasteiger partial charge < -0.3 is 10.6 Å². The Hall–Kier alpha value is -1.87. The second-order valence-electron chi connectivity index (χ2n) is 2.73. The summed E-state index contributed by atoms with van der Waals surface area (Å²) in [5.74, 6) is 0. The van der Waals surface area contributed by atoms with Crippen LogP contribution in [0.1, 0.15) is 0 Å². The fraction of sp³-hybridized carbons (Fsp3) is 0.167. The molecule has 1 aliphatic carbocycles. The van der Waals surface area contributed by atoms with Crippen LogP contribution in [-0.4, -0.2) is 39.6 Å². The fourth-order valence-electron chi connectivity index (χ4n) is 1.11. The summed E-state index contributed by atoms with van der Waals surface area (Å²) < 4.78 is 30.3. The Morgan fingerprint density at radius 3 is 2.50 bits per heavy atom. The second kappa shape index (κ2) is 3.94. The molecule has 0 saturated heterocycles. The van der Waals surface area contributed by atoms with Crippen LogP contribution in [0.3, 0.4) is 0 Å². The van der Waals surface area contributed by atoms with Crippen LogP contribution in [0.15, 0.2) is 22.8 Å². The van der Waals surface area contributed by atoms with Crippen molar-refractivity contribution < 1.29 is 27.8 Å². The topological polar surface area (TPSA) is 154 Å². The zero-order chi connectivity index (χ0) is 12.5. The lowest BCUT2D eigenvalue weighted by molar-refractivity contribution is -0.418. The lowest BCUT2D eigenvalue weighted by Gasteiger charge is -2.06. The molecule has 0 amide bonds. The van der Waals surface area contributed by atoms with Gasteiger partial charge in [0.1, 0.15) is 0 Å². The zero-order valence-corrected chi connectivity index (χ0v) is 8.33. The number of aliphatic hydroxyl groups is 1. The summed E-state index contributed by atoms with van der Waals surface area (Å²) in [6.45, 7) is 0. The van der Waals surface area contributed by atoms with E-state index in [-0.39, 0.29) is 0 Å². The van der Waals surface area contributed by atoms with E-state index >= 15 is 0 Å². The molecule has 2 N–H and O–H groups in total. The smallest absolute Gasteiger partial charge is 0.377 e. The van der Waals surface area contributed by atoms with E-state index < -0.39 is 37.5 Å². The first-order valence-corrected chi connectivity index (χ1v) is 5.17. The van der Waals surface area contributed by atoms with Crippen molar-refractivity contribution in [3.63, 3.8) is 0 Å². The number of aliphatic hydroxyl groups excluding tert-OH is 1. The standard InChI is InChI=1S/C6H5N3O6S/c7-8-5-3(10)1-2-4(16(13,14)15)6(5)9(11)12/h1-3,10H,(H,13,14,15). The highest BCUT2D eigenvalue weighted by molar-refractivity contribution is 7.90. The number of hydrogen-bond acceptors (Lipinski definition) is 5. The predicted octanol–water partition coefficient (Wildman–Crippen LogP) is -1.04. The number of nitro groups is 1. The average Bonchev–Trinajstić information content (AvgIpc) is 2.14. The molecule has 16 heavy (non-hydrogen) atoms. The molecule has 0 spiro atoms. The van der Waals surface area contributed by atoms with Gasteiger partial charge in [0.05, 0.1) is 4.92 Å². The lowest BCUT2D eigenvalue weighted by atomic mass is 10.1. The van der Waals surface area contributed by atoms with Crippen molar-refractivity contribution in [1.82, 2.24) is 0 Å². The molecular formula is C6H5N3O6S. The van der Waals surface area contributed by atoms with E-state index in [4.69, 9.17) is 10.1 Å². The lowest BCUT2D eigenvalue weighted by Crippen LogP contribution is -2.30. The van der Waals surface area contributed by atoms with Crippen molar-refractivity contribution >= 4 is 15.8 Å². The van der Waals surface area contributed by atoms with Gasteiger partial charge in [0.2, 0.25) is 0 Å². The predicted molar refractivity (Wildman–Crippen MR) is 49.3 cm³/mol. The molecule has 0 radical (unpaired) electrons. The third kappa shape index (κ3) is 2.04. The van der Waals surface area contributed by atoms with E-state index in [1.54, 1.807) is 0 Å². The molecule has 0 saturated carbocycles. The van der Waals surface area contributed by atoms with Crippen molar-refractivity contribution in [2.45, 2.75) is 6.10 Å². The Labute approximate surface area is 88.8 Å². The first-order valence-electron chi connectivity index (χ1n) is 3.73. The summed E-state index contributed by atoms with van der Waals surface area (Å²) in [5.41, 5.74) is 6.42. The van der Waals surface area contributed by atoms with Gasteiger partial charge in [0, 0.05) is 0 Å². The van der Waals surface area contributed by atoms with Gasteiger partial charge >= 0.3 is 21.5 Å². The summed E-state index contributed by atoms with van der Waals surface area (Å²) in [6, 6.07) is 0. The van der Waals surface area contributed by atoms with Gasteiger partial charge in [-0.1, -0.05) is 0 Å². The first kappa shape index (κ1) is 12.2. The van der Waals surface area contributed by atoms with Crippen LogP contribution < -0.4 is 0 Å².